The van der Waals surface area contributed by atoms with Crippen molar-refractivity contribution in [2.75, 3.05) is 12.0 Å². The maximum absolute atomic E-state index is 9.18. The molecule has 0 aliphatic heterocycles. The minimum Gasteiger partial charge on any atom is -0.350 e. The molecule has 0 aliphatic carbocycles. The Morgan fingerprint density at radius 2 is 2.25 bits per heavy atom. The third kappa shape index (κ3) is 4.21. The van der Waals surface area contributed by atoms with E-state index in [9.17, 15) is 4.89 Å². The molecule has 0 rings (SSSR count). The minimum absolute atomic E-state index is 0.911. The quantitative estimate of drug-likeness (QED) is 0.685. The Morgan fingerprint density at radius 1 is 1.75 bits per heavy atom. The third-order valence-corrected chi connectivity index (χ3v) is 9.29. The maximum Gasteiger partial charge on any atom is 0.171 e. The second-order valence-corrected chi connectivity index (χ2v) is 11.9. The van der Waals surface area contributed by atoms with Crippen LogP contribution < -0.4 is 0 Å². The Labute approximate surface area is 63.2 Å². The lowest BCUT2D eigenvalue weighted by molar-refractivity contribution is 0.654. The Kier molecular flexibility index (Phi) is 4.86. The Hall–Kier alpha value is 1.31. The molecule has 5 heteroatoms. The van der Waals surface area contributed by atoms with Crippen molar-refractivity contribution in [3.05, 3.63) is 0 Å². The van der Waals surface area contributed by atoms with Crippen molar-refractivity contribution in [1.82, 2.24) is 0 Å². The van der Waals surface area contributed by atoms with Crippen LogP contribution in [-0.4, -0.2) is 16.9 Å². The van der Waals surface area contributed by atoms with Gasteiger partial charge in [0.05, 0.1) is 0 Å². The van der Waals surface area contributed by atoms with Gasteiger partial charge in [-0.1, -0.05) is 29.7 Å². The van der Waals surface area contributed by atoms with Crippen molar-refractivity contribution in [2.45, 2.75) is 6.92 Å². The highest BCUT2D eigenvalue weighted by Crippen LogP contribution is 2.64. The van der Waals surface area contributed by atoms with Crippen LogP contribution in [0.1, 0.15) is 6.92 Å². The minimum atomic E-state index is -2.01. The monoisotopic (exact) mass is 188 g/mol. The van der Waals surface area contributed by atoms with Gasteiger partial charge in [-0.05, 0) is 23.8 Å². The first-order chi connectivity index (χ1) is 3.62. The van der Waals surface area contributed by atoms with Crippen molar-refractivity contribution in [3.63, 3.8) is 0 Å². The predicted octanol–water partition coefficient (Wildman–Crippen LogP) is 2.32. The van der Waals surface area contributed by atoms with E-state index >= 15 is 0 Å². The molecule has 0 aromatic heterocycles. The molecule has 0 aliphatic rings. The van der Waals surface area contributed by atoms with Gasteiger partial charge in [0.1, 0.15) is 0 Å². The number of rotatable bonds is 3. The summed E-state index contributed by atoms with van der Waals surface area (Å²) in [5, 5.41) is 0. The van der Waals surface area contributed by atoms with Crippen LogP contribution in [0.25, 0.3) is 0 Å². The lowest BCUT2D eigenvalue weighted by Gasteiger charge is -2.07. The molecule has 1 atom stereocenters. The smallest absolute Gasteiger partial charge is 0.171 e. The predicted molar refractivity (Wildman–Crippen MR) is 48.2 cm³/mol. The van der Waals surface area contributed by atoms with E-state index in [1.165, 1.54) is 22.8 Å². The molecule has 0 saturated carbocycles. The van der Waals surface area contributed by atoms with Crippen LogP contribution in [0.4, 0.5) is 0 Å². The van der Waals surface area contributed by atoms with Crippen LogP contribution in [0.15, 0.2) is 0 Å². The summed E-state index contributed by atoms with van der Waals surface area (Å²) in [6, 6.07) is 0. The molecule has 0 aromatic carbocycles. The van der Waals surface area contributed by atoms with Crippen molar-refractivity contribution in [1.29, 1.82) is 0 Å². The molecule has 0 fully saturated rings. The molecule has 0 aromatic rings. The van der Waals surface area contributed by atoms with E-state index in [1.807, 2.05) is 13.2 Å². The van der Waals surface area contributed by atoms with Gasteiger partial charge in [-0.15, -0.1) is 0 Å². The summed E-state index contributed by atoms with van der Waals surface area (Å²) in [5.41, 5.74) is 0. The first-order valence-corrected chi connectivity index (χ1v) is 8.33. The van der Waals surface area contributed by atoms with Crippen molar-refractivity contribution in [2.24, 2.45) is 0 Å². The van der Waals surface area contributed by atoms with Gasteiger partial charge in [0, 0.05) is 0 Å². The van der Waals surface area contributed by atoms with Gasteiger partial charge >= 0.3 is 0 Å². The van der Waals surface area contributed by atoms with Gasteiger partial charge in [-0.2, -0.15) is 0 Å². The third-order valence-electron chi connectivity index (χ3n) is 0.523. The summed E-state index contributed by atoms with van der Waals surface area (Å²) in [5.74, 6) is 0.911. The average molecular weight is 188 g/mol. The van der Waals surface area contributed by atoms with Crippen LogP contribution in [0.5, 0.6) is 0 Å². The van der Waals surface area contributed by atoms with E-state index < -0.39 is 4.67 Å². The zero-order valence-corrected chi connectivity index (χ0v) is 8.17. The largest absolute Gasteiger partial charge is 0.350 e. The van der Waals surface area contributed by atoms with Crippen molar-refractivity contribution >= 4 is 39.2 Å². The summed E-state index contributed by atoms with van der Waals surface area (Å²) < 4.78 is -2.01. The van der Waals surface area contributed by atoms with Crippen LogP contribution in [0.3, 0.4) is 0 Å². The summed E-state index contributed by atoms with van der Waals surface area (Å²) in [7, 11) is 0. The first-order valence-electron chi connectivity index (χ1n) is 2.15. The molecule has 1 N–H and O–H groups in total. The zero-order chi connectivity index (χ0) is 6.62. The molecule has 0 bridgehead atoms. The highest BCUT2D eigenvalue weighted by molar-refractivity contribution is 8.98. The second-order valence-electron chi connectivity index (χ2n) is 1.07. The molecule has 50 valence electrons. The second kappa shape index (κ2) is 4.18. The van der Waals surface area contributed by atoms with Crippen LogP contribution >= 0.6 is 27.4 Å². The van der Waals surface area contributed by atoms with Gasteiger partial charge in [0.25, 0.3) is 0 Å². The highest BCUT2D eigenvalue weighted by atomic mass is 33.2. The van der Waals surface area contributed by atoms with E-state index in [4.69, 9.17) is 11.8 Å². The van der Waals surface area contributed by atoms with Gasteiger partial charge in [-0.25, -0.2) is 0 Å². The lowest BCUT2D eigenvalue weighted by atomic mass is 11.0. The molecule has 0 radical (unpaired) electrons. The van der Waals surface area contributed by atoms with Gasteiger partial charge in [0.15, 0.2) is 4.67 Å². The fraction of sp³-hybridized carbons (Fsp3) is 1.00. The SMILES string of the molecule is CCSP(O)(=S)SC. The molecule has 0 saturated heterocycles. The van der Waals surface area contributed by atoms with Gasteiger partial charge in [-0.3, -0.25) is 0 Å². The number of hydrogen-bond donors (Lipinski definition) is 1. The zero-order valence-electron chi connectivity index (χ0n) is 4.83. The summed E-state index contributed by atoms with van der Waals surface area (Å²) in [6.07, 6.45) is 1.85. The fourth-order valence-electron chi connectivity index (χ4n) is 0.216. The molecule has 8 heavy (non-hydrogen) atoms. The number of hydrogen-bond acceptors (Lipinski definition) is 3. The summed E-state index contributed by atoms with van der Waals surface area (Å²) >= 11 is 7.71. The molecule has 0 heterocycles. The average Bonchev–Trinajstić information content (AvgIpc) is 1.67. The van der Waals surface area contributed by atoms with E-state index in [0.717, 1.165) is 5.75 Å². The van der Waals surface area contributed by atoms with Gasteiger partial charge in [0.2, 0.25) is 0 Å². The van der Waals surface area contributed by atoms with Crippen LogP contribution in [-0.2, 0) is 11.8 Å². The van der Waals surface area contributed by atoms with Crippen molar-refractivity contribution < 1.29 is 4.89 Å². The summed E-state index contributed by atoms with van der Waals surface area (Å²) in [4.78, 5) is 9.18. The summed E-state index contributed by atoms with van der Waals surface area (Å²) in [6.45, 7) is 2.00. The maximum atomic E-state index is 9.18. The van der Waals surface area contributed by atoms with E-state index in [0.29, 0.717) is 0 Å². The molecule has 1 nitrogen and oxygen atoms in total. The molecular weight excluding hydrogens is 179 g/mol. The fourth-order valence-corrected chi connectivity index (χ4v) is 4.79. The Morgan fingerprint density at radius 3 is 2.38 bits per heavy atom. The van der Waals surface area contributed by atoms with E-state index in [1.54, 1.807) is 0 Å². The molecule has 0 amide bonds. The van der Waals surface area contributed by atoms with Gasteiger partial charge < -0.3 is 4.89 Å². The topological polar surface area (TPSA) is 20.2 Å². The van der Waals surface area contributed by atoms with E-state index in [2.05, 4.69) is 0 Å². The molecular formula is C3H9OPS3. The standard InChI is InChI=1S/C3H9OPS3/c1-3-8-5(4,6)7-2/h3H2,1-2H3,(H,4,6). The van der Waals surface area contributed by atoms with Crippen LogP contribution in [0, 0.1) is 0 Å². The Bertz CT molecular complexity index is 105. The van der Waals surface area contributed by atoms with Crippen LogP contribution in [0.2, 0.25) is 0 Å². The first kappa shape index (κ1) is 9.31. The highest BCUT2D eigenvalue weighted by Gasteiger charge is 2.07. The lowest BCUT2D eigenvalue weighted by Crippen LogP contribution is -1.65. The molecule has 1 unspecified atom stereocenters. The van der Waals surface area contributed by atoms with Crippen molar-refractivity contribution in [3.8, 4) is 0 Å². The normalized spacial score (nSPS) is 17.9. The Balaban J connectivity index is 3.55. The molecule has 0 spiro atoms. The van der Waals surface area contributed by atoms with E-state index in [-0.39, 0.29) is 0 Å².